The van der Waals surface area contributed by atoms with E-state index in [1.165, 1.54) is 4.57 Å². The molecule has 210 valence electrons. The average molecular weight is 563 g/mol. The monoisotopic (exact) mass is 562 g/mol. The van der Waals surface area contributed by atoms with Gasteiger partial charge >= 0.3 is 11.9 Å². The van der Waals surface area contributed by atoms with Gasteiger partial charge in [0.05, 0.1) is 34.8 Å². The molecule has 0 fully saturated rings. The van der Waals surface area contributed by atoms with Crippen LogP contribution < -0.4 is 30.3 Å². The van der Waals surface area contributed by atoms with Gasteiger partial charge in [0.2, 0.25) is 0 Å². The van der Waals surface area contributed by atoms with Crippen LogP contribution >= 0.6 is 11.3 Å². The van der Waals surface area contributed by atoms with Gasteiger partial charge in [-0.05, 0) is 55.3 Å². The van der Waals surface area contributed by atoms with Crippen molar-refractivity contribution >= 4 is 52.1 Å². The van der Waals surface area contributed by atoms with E-state index in [2.05, 4.69) is 0 Å². The van der Waals surface area contributed by atoms with Gasteiger partial charge in [-0.15, -0.1) is 11.3 Å². The molecule has 1 aromatic heterocycles. The number of hydrogen-bond acceptors (Lipinski definition) is 9. The topological polar surface area (TPSA) is 107 Å². The van der Waals surface area contributed by atoms with Crippen LogP contribution in [0.3, 0.4) is 0 Å². The van der Waals surface area contributed by atoms with E-state index in [1.807, 2.05) is 86.5 Å². The molecule has 0 spiro atoms. The average Bonchev–Trinajstić information content (AvgIpc) is 3.24. The first kappa shape index (κ1) is 28.7. The highest BCUT2D eigenvalue weighted by Gasteiger charge is 2.40. The minimum absolute atomic E-state index is 0.0248. The van der Waals surface area contributed by atoms with Gasteiger partial charge in [0.25, 0.3) is 5.56 Å². The van der Waals surface area contributed by atoms with E-state index >= 15 is 0 Å². The van der Waals surface area contributed by atoms with Crippen LogP contribution in [-0.2, 0) is 19.1 Å². The molecule has 2 heterocycles. The van der Waals surface area contributed by atoms with Crippen LogP contribution in [0.15, 0.2) is 58.9 Å². The molecule has 0 aliphatic carbocycles. The molecule has 10 heteroatoms. The van der Waals surface area contributed by atoms with E-state index in [-0.39, 0.29) is 30.2 Å². The third kappa shape index (κ3) is 5.40. The zero-order chi connectivity index (χ0) is 29.1. The zero-order valence-corrected chi connectivity index (χ0v) is 24.4. The summed E-state index contributed by atoms with van der Waals surface area (Å²) < 4.78 is 12.7. The summed E-state index contributed by atoms with van der Waals surface area (Å²) in [5.74, 6) is -2.28. The number of carbonyl (C=O) groups is 2. The Balaban J connectivity index is 2.04. The Morgan fingerprint density at radius 1 is 0.875 bits per heavy atom. The molecule has 2 N–H and O–H groups in total. The van der Waals surface area contributed by atoms with Crippen LogP contribution in [0.1, 0.15) is 30.9 Å². The van der Waals surface area contributed by atoms with Crippen molar-refractivity contribution in [2.45, 2.75) is 19.8 Å². The van der Waals surface area contributed by atoms with Gasteiger partial charge in [0.15, 0.2) is 0 Å². The summed E-state index contributed by atoms with van der Waals surface area (Å²) in [6.45, 7) is 3.61. The van der Waals surface area contributed by atoms with Crippen molar-refractivity contribution in [1.29, 1.82) is 0 Å². The molecule has 0 amide bonds. The first-order valence-corrected chi connectivity index (χ1v) is 13.8. The van der Waals surface area contributed by atoms with E-state index in [4.69, 9.17) is 15.2 Å². The second-order valence-electron chi connectivity index (χ2n) is 9.61. The van der Waals surface area contributed by atoms with E-state index in [9.17, 15) is 14.4 Å². The smallest absolute Gasteiger partial charge is 0.338 e. The highest BCUT2D eigenvalue weighted by Crippen LogP contribution is 2.38. The van der Waals surface area contributed by atoms with E-state index in [0.29, 0.717) is 14.8 Å². The number of aromatic nitrogens is 1. The van der Waals surface area contributed by atoms with Gasteiger partial charge in [-0.3, -0.25) is 9.36 Å². The first-order chi connectivity index (χ1) is 19.1. The van der Waals surface area contributed by atoms with Crippen LogP contribution in [0.4, 0.5) is 11.4 Å². The maximum Gasteiger partial charge on any atom is 0.338 e. The third-order valence-corrected chi connectivity index (χ3v) is 7.70. The number of nitrogens with two attached hydrogens (primary N) is 1. The summed E-state index contributed by atoms with van der Waals surface area (Å²) in [5.41, 5.74) is 9.76. The molecule has 1 atom stereocenters. The predicted octanol–water partition coefficient (Wildman–Crippen LogP) is 2.07. The second kappa shape index (κ2) is 11.8. The number of esters is 2. The molecule has 1 aliphatic heterocycles. The summed E-state index contributed by atoms with van der Waals surface area (Å²) in [6, 6.07) is 15.2. The first-order valence-electron chi connectivity index (χ1n) is 13.0. The summed E-state index contributed by atoms with van der Waals surface area (Å²) in [5, 5.41) is 0. The van der Waals surface area contributed by atoms with Crippen LogP contribution in [0.5, 0.6) is 0 Å². The molecular weight excluding hydrogens is 528 g/mol. The Morgan fingerprint density at radius 3 is 1.88 bits per heavy atom. The van der Waals surface area contributed by atoms with E-state index in [0.717, 1.165) is 28.3 Å². The second-order valence-corrected chi connectivity index (χ2v) is 10.6. The lowest BCUT2D eigenvalue weighted by Crippen LogP contribution is -2.42. The Hall–Kier alpha value is -4.31. The summed E-state index contributed by atoms with van der Waals surface area (Å²) in [6.07, 6.45) is 1.75. The van der Waals surface area contributed by atoms with Gasteiger partial charge in [-0.1, -0.05) is 24.3 Å². The molecule has 9 nitrogen and oxygen atoms in total. The van der Waals surface area contributed by atoms with Crippen molar-refractivity contribution in [1.82, 2.24) is 4.57 Å². The van der Waals surface area contributed by atoms with Gasteiger partial charge in [-0.25, -0.2) is 9.59 Å². The van der Waals surface area contributed by atoms with Crippen LogP contribution in [0, 0.1) is 0 Å². The largest absolute Gasteiger partial charge is 0.463 e. The normalized spacial score (nSPS) is 15.1. The Bertz CT molecular complexity index is 1630. The fourth-order valence-corrected chi connectivity index (χ4v) is 5.75. The molecule has 1 aliphatic rings. The number of hydrogen-bond donors (Lipinski definition) is 1. The Labute approximate surface area is 237 Å². The minimum atomic E-state index is -0.889. The van der Waals surface area contributed by atoms with Crippen molar-refractivity contribution in [3.63, 3.8) is 0 Å². The van der Waals surface area contributed by atoms with Crippen LogP contribution in [-0.4, -0.2) is 57.9 Å². The van der Waals surface area contributed by atoms with Gasteiger partial charge < -0.3 is 25.0 Å². The summed E-state index contributed by atoms with van der Waals surface area (Å²) in [7, 11) is 7.74. The van der Waals surface area contributed by atoms with Crippen molar-refractivity contribution < 1.29 is 19.1 Å². The highest BCUT2D eigenvalue weighted by molar-refractivity contribution is 7.07. The predicted molar refractivity (Wildman–Crippen MR) is 160 cm³/mol. The quantitative estimate of drug-likeness (QED) is 0.416. The maximum absolute atomic E-state index is 13.7. The number of benzene rings is 2. The Kier molecular flexibility index (Phi) is 8.49. The number of fused-ring (bicyclic) bond motifs is 1. The number of anilines is 2. The zero-order valence-electron chi connectivity index (χ0n) is 23.6. The number of rotatable bonds is 8. The third-order valence-electron chi connectivity index (χ3n) is 6.59. The highest BCUT2D eigenvalue weighted by atomic mass is 32.1. The molecule has 0 unspecified atom stereocenters. The molecule has 2 aromatic carbocycles. The lowest BCUT2D eigenvalue weighted by atomic mass is 9.83. The van der Waals surface area contributed by atoms with Gasteiger partial charge in [0.1, 0.15) is 10.5 Å². The van der Waals surface area contributed by atoms with E-state index in [1.54, 1.807) is 19.9 Å². The van der Waals surface area contributed by atoms with Crippen molar-refractivity contribution in [3.8, 4) is 0 Å². The minimum Gasteiger partial charge on any atom is -0.463 e. The van der Waals surface area contributed by atoms with Crippen LogP contribution in [0.25, 0.3) is 17.5 Å². The fourth-order valence-electron chi connectivity index (χ4n) is 4.58. The molecule has 0 saturated heterocycles. The molecular formula is C30H34N4O5S. The lowest BCUT2D eigenvalue weighted by Gasteiger charge is -2.27. The Morgan fingerprint density at radius 2 is 1.38 bits per heavy atom. The summed E-state index contributed by atoms with van der Waals surface area (Å²) in [4.78, 5) is 44.5. The molecule has 0 bridgehead atoms. The molecule has 4 rings (SSSR count). The number of carbonyl (C=O) groups excluding carboxylic acids is 2. The van der Waals surface area contributed by atoms with Gasteiger partial charge in [0, 0.05) is 39.6 Å². The van der Waals surface area contributed by atoms with Gasteiger partial charge in [-0.2, -0.15) is 0 Å². The number of thiazole rings is 1. The van der Waals surface area contributed by atoms with Crippen molar-refractivity contribution in [2.75, 3.05) is 51.2 Å². The maximum atomic E-state index is 13.7. The molecule has 0 radical (unpaired) electrons. The summed E-state index contributed by atoms with van der Waals surface area (Å²) >= 11 is 1.14. The SMILES string of the molecule is CCOC(=O)C1=C(N)n2c(s/c(=C/c3ccc(N(C)C)cc3)c2=O)=C(C(=O)OCC)[C@H]1c1ccc(N(C)C)cc1. The standard InChI is InChI=1S/C30H34N4O5S/c1-7-38-29(36)24-23(19-11-15-21(16-12-19)33(5)6)25(30(37)39-8-2)28-34(26(24)31)27(35)22(40-28)17-18-9-13-20(14-10-18)32(3)4/h9-17,23H,7-8,31H2,1-6H3/b22-17+/t23-/m0/s1. The number of ether oxygens (including phenoxy) is 2. The van der Waals surface area contributed by atoms with Crippen molar-refractivity contribution in [2.24, 2.45) is 5.73 Å². The lowest BCUT2D eigenvalue weighted by molar-refractivity contribution is -0.138. The fraction of sp³-hybridized carbons (Fsp3) is 0.300. The van der Waals surface area contributed by atoms with Crippen molar-refractivity contribution in [3.05, 3.63) is 84.8 Å². The van der Waals surface area contributed by atoms with Crippen LogP contribution in [0.2, 0.25) is 0 Å². The number of nitrogens with zero attached hydrogens (tertiary/aromatic N) is 3. The van der Waals surface area contributed by atoms with E-state index < -0.39 is 23.4 Å². The molecule has 0 saturated carbocycles. The molecule has 40 heavy (non-hydrogen) atoms. The molecule has 3 aromatic rings.